The third-order valence-electron chi connectivity index (χ3n) is 3.74. The summed E-state index contributed by atoms with van der Waals surface area (Å²) < 4.78 is 6.30. The Kier molecular flexibility index (Phi) is 5.44. The van der Waals surface area contributed by atoms with Gasteiger partial charge in [-0.2, -0.15) is 0 Å². The Morgan fingerprint density at radius 1 is 1.26 bits per heavy atom. The quantitative estimate of drug-likeness (QED) is 0.575. The van der Waals surface area contributed by atoms with Crippen LogP contribution < -0.4 is 4.74 Å². The molecule has 0 spiro atoms. The molecule has 0 bridgehead atoms. The van der Waals surface area contributed by atoms with Gasteiger partial charge in [0.15, 0.2) is 5.78 Å². The Bertz CT molecular complexity index is 434. The van der Waals surface area contributed by atoms with Crippen LogP contribution in [0.15, 0.2) is 22.7 Å². The van der Waals surface area contributed by atoms with Gasteiger partial charge in [0.2, 0.25) is 0 Å². The summed E-state index contributed by atoms with van der Waals surface area (Å²) in [6.07, 6.45) is 7.00. The van der Waals surface area contributed by atoms with Crippen molar-refractivity contribution in [3.8, 4) is 5.75 Å². The molecule has 0 atom stereocenters. The lowest BCUT2D eigenvalue weighted by molar-refractivity contribution is 0.0907. The van der Waals surface area contributed by atoms with Gasteiger partial charge >= 0.3 is 0 Å². The number of carbonyl (C=O) groups is 1. The maximum absolute atomic E-state index is 12.6. The Morgan fingerprint density at radius 3 is 2.53 bits per heavy atom. The van der Waals surface area contributed by atoms with Gasteiger partial charge in [-0.25, -0.2) is 0 Å². The van der Waals surface area contributed by atoms with Gasteiger partial charge in [-0.3, -0.25) is 4.79 Å². The largest absolute Gasteiger partial charge is 0.494 e. The van der Waals surface area contributed by atoms with Gasteiger partial charge in [0.1, 0.15) is 5.75 Å². The molecule has 1 aromatic rings. The minimum atomic E-state index is 0.205. The van der Waals surface area contributed by atoms with Crippen molar-refractivity contribution in [2.45, 2.75) is 45.4 Å². The average Bonchev–Trinajstić information content (AvgIpc) is 2.67. The second-order valence-electron chi connectivity index (χ2n) is 5.13. The van der Waals surface area contributed by atoms with E-state index in [0.717, 1.165) is 28.6 Å². The molecule has 0 saturated heterocycles. The molecule has 104 valence electrons. The molecular weight excluding hydrogens is 304 g/mol. The van der Waals surface area contributed by atoms with Gasteiger partial charge < -0.3 is 4.74 Å². The van der Waals surface area contributed by atoms with Crippen LogP contribution in [0.1, 0.15) is 55.8 Å². The predicted molar refractivity (Wildman–Crippen MR) is 80.8 cm³/mol. The maximum Gasteiger partial charge on any atom is 0.167 e. The summed E-state index contributed by atoms with van der Waals surface area (Å²) in [6, 6.07) is 5.67. The van der Waals surface area contributed by atoms with Crippen LogP contribution in [0.3, 0.4) is 0 Å². The molecule has 2 rings (SSSR count). The van der Waals surface area contributed by atoms with Crippen molar-refractivity contribution in [1.29, 1.82) is 0 Å². The monoisotopic (exact) mass is 324 g/mol. The molecule has 1 saturated carbocycles. The highest BCUT2D eigenvalue weighted by molar-refractivity contribution is 9.10. The summed E-state index contributed by atoms with van der Waals surface area (Å²) in [6.45, 7) is 2.60. The number of carbonyl (C=O) groups excluding carboxylic acids is 1. The zero-order valence-corrected chi connectivity index (χ0v) is 13.0. The number of ether oxygens (including phenoxy) is 1. The predicted octanol–water partition coefficient (Wildman–Crippen LogP) is 5.00. The molecule has 19 heavy (non-hydrogen) atoms. The topological polar surface area (TPSA) is 26.3 Å². The summed E-state index contributed by atoms with van der Waals surface area (Å²) in [5, 5.41) is 0. The highest BCUT2D eigenvalue weighted by Crippen LogP contribution is 2.30. The first-order chi connectivity index (χ1) is 9.22. The number of hydrogen-bond acceptors (Lipinski definition) is 2. The number of benzene rings is 1. The minimum absolute atomic E-state index is 0.205. The van der Waals surface area contributed by atoms with Gasteiger partial charge in [-0.05, 0) is 53.9 Å². The molecule has 0 aliphatic heterocycles. The van der Waals surface area contributed by atoms with Crippen LogP contribution in [-0.4, -0.2) is 12.4 Å². The van der Waals surface area contributed by atoms with E-state index in [2.05, 4.69) is 15.9 Å². The first-order valence-corrected chi connectivity index (χ1v) is 7.98. The summed E-state index contributed by atoms with van der Waals surface area (Å²) in [4.78, 5) is 12.6. The zero-order chi connectivity index (χ0) is 13.7. The van der Waals surface area contributed by atoms with Gasteiger partial charge in [0.25, 0.3) is 0 Å². The fraction of sp³-hybridized carbons (Fsp3) is 0.562. The van der Waals surface area contributed by atoms with E-state index in [1.807, 2.05) is 25.1 Å². The van der Waals surface area contributed by atoms with Crippen molar-refractivity contribution in [1.82, 2.24) is 0 Å². The fourth-order valence-corrected chi connectivity index (χ4v) is 3.27. The van der Waals surface area contributed by atoms with Crippen LogP contribution in [0.5, 0.6) is 5.75 Å². The van der Waals surface area contributed by atoms with Crippen LogP contribution in [0.4, 0.5) is 0 Å². The Labute approximate surface area is 123 Å². The molecule has 3 heteroatoms. The van der Waals surface area contributed by atoms with Crippen molar-refractivity contribution in [2.24, 2.45) is 5.92 Å². The van der Waals surface area contributed by atoms with Crippen molar-refractivity contribution in [3.63, 3.8) is 0 Å². The van der Waals surface area contributed by atoms with Crippen LogP contribution in [0, 0.1) is 5.92 Å². The SMILES string of the molecule is CCOc1ccc(C(=O)C2CCCCCC2)c(Br)c1. The van der Waals surface area contributed by atoms with E-state index in [1.54, 1.807) is 0 Å². The first-order valence-electron chi connectivity index (χ1n) is 7.19. The average molecular weight is 325 g/mol. The molecule has 1 fully saturated rings. The fourth-order valence-electron chi connectivity index (χ4n) is 2.71. The second-order valence-corrected chi connectivity index (χ2v) is 5.98. The third-order valence-corrected chi connectivity index (χ3v) is 4.40. The van der Waals surface area contributed by atoms with Crippen molar-refractivity contribution in [2.75, 3.05) is 6.61 Å². The summed E-state index contributed by atoms with van der Waals surface area (Å²) in [5.74, 6) is 1.31. The second kappa shape index (κ2) is 7.09. The standard InChI is InChI=1S/C16H21BrO2/c1-2-19-13-9-10-14(15(17)11-13)16(18)12-7-5-3-4-6-8-12/h9-12H,2-8H2,1H3. The van der Waals surface area contributed by atoms with Crippen LogP contribution >= 0.6 is 15.9 Å². The van der Waals surface area contributed by atoms with E-state index in [0.29, 0.717) is 6.61 Å². The molecule has 1 aliphatic carbocycles. The summed E-state index contributed by atoms with van der Waals surface area (Å²) >= 11 is 3.50. The molecule has 0 amide bonds. The molecule has 1 aromatic carbocycles. The lowest BCUT2D eigenvalue weighted by Crippen LogP contribution is -2.14. The number of halogens is 1. The minimum Gasteiger partial charge on any atom is -0.494 e. The van der Waals surface area contributed by atoms with Crippen LogP contribution in [0.25, 0.3) is 0 Å². The van der Waals surface area contributed by atoms with E-state index in [4.69, 9.17) is 4.74 Å². The van der Waals surface area contributed by atoms with Crippen LogP contribution in [0.2, 0.25) is 0 Å². The number of Topliss-reactive ketones (excluding diaryl/α,β-unsaturated/α-hetero) is 1. The highest BCUT2D eigenvalue weighted by Gasteiger charge is 2.23. The maximum atomic E-state index is 12.6. The Balaban J connectivity index is 2.13. The molecule has 1 aliphatic rings. The summed E-state index contributed by atoms with van der Waals surface area (Å²) in [7, 11) is 0. The van der Waals surface area contributed by atoms with Crippen molar-refractivity contribution < 1.29 is 9.53 Å². The van der Waals surface area contributed by atoms with E-state index in [1.165, 1.54) is 25.7 Å². The van der Waals surface area contributed by atoms with Gasteiger partial charge in [-0.15, -0.1) is 0 Å². The molecular formula is C16H21BrO2. The zero-order valence-electron chi connectivity index (χ0n) is 11.5. The highest BCUT2D eigenvalue weighted by atomic mass is 79.9. The molecule has 0 aromatic heterocycles. The lowest BCUT2D eigenvalue weighted by Gasteiger charge is -2.14. The number of hydrogen-bond donors (Lipinski definition) is 0. The van der Waals surface area contributed by atoms with E-state index in [-0.39, 0.29) is 11.7 Å². The Hall–Kier alpha value is -0.830. The normalized spacial score (nSPS) is 16.9. The van der Waals surface area contributed by atoms with E-state index in [9.17, 15) is 4.79 Å². The molecule has 0 unspecified atom stereocenters. The molecule has 0 radical (unpaired) electrons. The molecule has 0 heterocycles. The lowest BCUT2D eigenvalue weighted by atomic mass is 9.91. The van der Waals surface area contributed by atoms with Gasteiger partial charge in [0, 0.05) is 16.0 Å². The number of ketones is 1. The number of rotatable bonds is 4. The summed E-state index contributed by atoms with van der Waals surface area (Å²) in [5.41, 5.74) is 0.801. The van der Waals surface area contributed by atoms with Crippen molar-refractivity contribution in [3.05, 3.63) is 28.2 Å². The van der Waals surface area contributed by atoms with Gasteiger partial charge in [-0.1, -0.05) is 25.7 Å². The first kappa shape index (κ1) is 14.6. The van der Waals surface area contributed by atoms with Gasteiger partial charge in [0.05, 0.1) is 6.61 Å². The molecule has 2 nitrogen and oxygen atoms in total. The van der Waals surface area contributed by atoms with E-state index >= 15 is 0 Å². The van der Waals surface area contributed by atoms with E-state index < -0.39 is 0 Å². The Morgan fingerprint density at radius 2 is 1.95 bits per heavy atom. The van der Waals surface area contributed by atoms with Crippen LogP contribution in [-0.2, 0) is 0 Å². The molecule has 0 N–H and O–H groups in total. The van der Waals surface area contributed by atoms with Crippen molar-refractivity contribution >= 4 is 21.7 Å². The third kappa shape index (κ3) is 3.82. The smallest absolute Gasteiger partial charge is 0.167 e.